The summed E-state index contributed by atoms with van der Waals surface area (Å²) in [6.07, 6.45) is 4.05. The number of nitrogens with zero attached hydrogens (tertiary/aromatic N) is 7. The zero-order valence-corrected chi connectivity index (χ0v) is 11.3. The highest BCUT2D eigenvalue weighted by Gasteiger charge is 2.27. The molecular weight excluding hydrogens is 258 g/mol. The van der Waals surface area contributed by atoms with Crippen molar-refractivity contribution in [2.24, 2.45) is 0 Å². The molecule has 0 bridgehead atoms. The topological polar surface area (TPSA) is 131 Å². The lowest BCUT2D eigenvalue weighted by atomic mass is 9.95. The van der Waals surface area contributed by atoms with Crippen molar-refractivity contribution < 1.29 is 0 Å². The molecule has 0 saturated heterocycles. The molecule has 0 radical (unpaired) electrons. The van der Waals surface area contributed by atoms with Crippen LogP contribution in [-0.4, -0.2) is 35.3 Å². The number of aromatic nitrogens is 6. The highest BCUT2D eigenvalue weighted by molar-refractivity contribution is 5.39. The van der Waals surface area contributed by atoms with E-state index in [-0.39, 0.29) is 17.8 Å². The molecule has 0 atom stereocenters. The molecule has 104 valence electrons. The number of rotatable bonds is 5. The Hall–Kier alpha value is -2.76. The third kappa shape index (κ3) is 2.64. The summed E-state index contributed by atoms with van der Waals surface area (Å²) in [5.74, 6) is 0.539. The van der Waals surface area contributed by atoms with Crippen LogP contribution in [0.5, 0.6) is 0 Å². The van der Waals surface area contributed by atoms with Gasteiger partial charge in [-0.3, -0.25) is 0 Å². The molecule has 0 unspecified atom stereocenters. The van der Waals surface area contributed by atoms with Crippen LogP contribution in [0.4, 0.5) is 11.9 Å². The summed E-state index contributed by atoms with van der Waals surface area (Å²) in [4.78, 5) is 16.0. The third-order valence-electron chi connectivity index (χ3n) is 3.04. The van der Waals surface area contributed by atoms with Gasteiger partial charge in [-0.2, -0.15) is 30.0 Å². The zero-order valence-electron chi connectivity index (χ0n) is 11.3. The minimum atomic E-state index is -0.729. The fraction of sp³-hybridized carbons (Fsp3) is 0.455. The van der Waals surface area contributed by atoms with Gasteiger partial charge in [-0.25, -0.2) is 4.98 Å². The Morgan fingerprint density at radius 2 is 2.10 bits per heavy atom. The number of anilines is 2. The van der Waals surface area contributed by atoms with Gasteiger partial charge >= 0.3 is 0 Å². The summed E-state index contributed by atoms with van der Waals surface area (Å²) < 4.78 is 1.37. The normalized spacial score (nSPS) is 11.1. The van der Waals surface area contributed by atoms with E-state index in [2.05, 4.69) is 36.4 Å². The van der Waals surface area contributed by atoms with Gasteiger partial charge in [0.1, 0.15) is 18.2 Å². The van der Waals surface area contributed by atoms with Crippen molar-refractivity contribution in [3.05, 3.63) is 12.7 Å². The van der Waals surface area contributed by atoms with Crippen LogP contribution in [0.25, 0.3) is 5.95 Å². The first kappa shape index (κ1) is 13.7. The molecule has 0 aromatic carbocycles. The van der Waals surface area contributed by atoms with Crippen molar-refractivity contribution in [1.82, 2.24) is 29.7 Å². The maximum atomic E-state index is 9.32. The lowest BCUT2D eigenvalue weighted by Gasteiger charge is -2.24. The Labute approximate surface area is 115 Å². The smallest absolute Gasteiger partial charge is 0.258 e. The maximum absolute atomic E-state index is 9.32. The Kier molecular flexibility index (Phi) is 3.74. The van der Waals surface area contributed by atoms with Crippen LogP contribution in [0.3, 0.4) is 0 Å². The van der Waals surface area contributed by atoms with E-state index in [0.29, 0.717) is 12.8 Å². The summed E-state index contributed by atoms with van der Waals surface area (Å²) in [7, 11) is 0. The maximum Gasteiger partial charge on any atom is 0.258 e. The molecule has 2 rings (SSSR count). The van der Waals surface area contributed by atoms with E-state index < -0.39 is 5.54 Å². The molecule has 3 N–H and O–H groups in total. The van der Waals surface area contributed by atoms with Crippen LogP contribution in [-0.2, 0) is 0 Å². The fourth-order valence-corrected chi connectivity index (χ4v) is 1.68. The van der Waals surface area contributed by atoms with E-state index >= 15 is 0 Å². The predicted octanol–water partition coefficient (Wildman–Crippen LogP) is 0.529. The van der Waals surface area contributed by atoms with Gasteiger partial charge in [0.05, 0.1) is 6.07 Å². The molecule has 9 heteroatoms. The van der Waals surface area contributed by atoms with E-state index in [4.69, 9.17) is 5.73 Å². The van der Waals surface area contributed by atoms with Gasteiger partial charge < -0.3 is 11.1 Å². The number of nitriles is 1. The molecule has 0 aliphatic carbocycles. The zero-order chi connectivity index (χ0) is 14.6. The molecule has 0 fully saturated rings. The summed E-state index contributed by atoms with van der Waals surface area (Å²) >= 11 is 0. The Bertz CT molecular complexity index is 609. The second-order valence-corrected chi connectivity index (χ2v) is 4.18. The molecule has 0 spiro atoms. The second kappa shape index (κ2) is 5.48. The minimum absolute atomic E-state index is 0.0482. The highest BCUT2D eigenvalue weighted by atomic mass is 15.4. The lowest BCUT2D eigenvalue weighted by molar-refractivity contribution is 0.543. The first-order valence-corrected chi connectivity index (χ1v) is 6.18. The SMILES string of the molecule is CCC(C#N)(CC)Nc1nc(N)nc(-n2cncn2)n1. The molecule has 0 aliphatic rings. The molecule has 9 nitrogen and oxygen atoms in total. The van der Waals surface area contributed by atoms with Crippen molar-refractivity contribution in [2.75, 3.05) is 11.1 Å². The van der Waals surface area contributed by atoms with E-state index in [0.717, 1.165) is 0 Å². The van der Waals surface area contributed by atoms with Gasteiger partial charge in [-0.05, 0) is 12.8 Å². The van der Waals surface area contributed by atoms with Crippen LogP contribution >= 0.6 is 0 Å². The molecule has 0 amide bonds. The Morgan fingerprint density at radius 3 is 2.65 bits per heavy atom. The van der Waals surface area contributed by atoms with E-state index in [1.54, 1.807) is 0 Å². The first-order chi connectivity index (χ1) is 9.62. The number of nitrogen functional groups attached to an aromatic ring is 1. The molecule has 0 aliphatic heterocycles. The molecule has 2 aromatic heterocycles. The Balaban J connectivity index is 2.36. The van der Waals surface area contributed by atoms with Gasteiger partial charge in [0, 0.05) is 0 Å². The molecule has 2 heterocycles. The van der Waals surface area contributed by atoms with Gasteiger partial charge in [0.2, 0.25) is 11.9 Å². The summed E-state index contributed by atoms with van der Waals surface area (Å²) in [5, 5.41) is 16.3. The molecule has 2 aromatic rings. The second-order valence-electron chi connectivity index (χ2n) is 4.18. The van der Waals surface area contributed by atoms with Crippen molar-refractivity contribution in [3.63, 3.8) is 0 Å². The van der Waals surface area contributed by atoms with Crippen molar-refractivity contribution >= 4 is 11.9 Å². The summed E-state index contributed by atoms with van der Waals surface area (Å²) in [6.45, 7) is 3.84. The van der Waals surface area contributed by atoms with Crippen LogP contribution in [0.2, 0.25) is 0 Å². The van der Waals surface area contributed by atoms with Crippen LogP contribution in [0.15, 0.2) is 12.7 Å². The van der Waals surface area contributed by atoms with Crippen molar-refractivity contribution in [3.8, 4) is 12.0 Å². The van der Waals surface area contributed by atoms with Crippen molar-refractivity contribution in [2.45, 2.75) is 32.2 Å². The van der Waals surface area contributed by atoms with Crippen molar-refractivity contribution in [1.29, 1.82) is 5.26 Å². The van der Waals surface area contributed by atoms with E-state index in [1.165, 1.54) is 17.3 Å². The minimum Gasteiger partial charge on any atom is -0.368 e. The van der Waals surface area contributed by atoms with Crippen LogP contribution < -0.4 is 11.1 Å². The van der Waals surface area contributed by atoms with E-state index in [1.807, 2.05) is 13.8 Å². The van der Waals surface area contributed by atoms with Crippen LogP contribution in [0, 0.1) is 11.3 Å². The molecule has 0 saturated carbocycles. The van der Waals surface area contributed by atoms with Crippen LogP contribution in [0.1, 0.15) is 26.7 Å². The standard InChI is InChI=1S/C11H15N9/c1-3-11(4-2,5-12)19-9-16-8(13)17-10(18-9)20-7-14-6-15-20/h6-7H,3-4H2,1-2H3,(H3,13,16,17,18,19). The van der Waals surface area contributed by atoms with Gasteiger partial charge in [0.15, 0.2) is 0 Å². The highest BCUT2D eigenvalue weighted by Crippen LogP contribution is 2.19. The number of hydrogen-bond donors (Lipinski definition) is 2. The third-order valence-corrected chi connectivity index (χ3v) is 3.04. The molecular formula is C11H15N9. The molecule has 20 heavy (non-hydrogen) atoms. The average molecular weight is 273 g/mol. The first-order valence-electron chi connectivity index (χ1n) is 6.18. The summed E-state index contributed by atoms with van der Waals surface area (Å²) in [6, 6.07) is 2.25. The van der Waals surface area contributed by atoms with Gasteiger partial charge in [0.25, 0.3) is 5.95 Å². The fourth-order valence-electron chi connectivity index (χ4n) is 1.68. The number of nitrogens with two attached hydrogens (primary N) is 1. The quantitative estimate of drug-likeness (QED) is 0.806. The monoisotopic (exact) mass is 273 g/mol. The largest absolute Gasteiger partial charge is 0.368 e. The number of nitrogens with one attached hydrogen (secondary N) is 1. The van der Waals surface area contributed by atoms with Gasteiger partial charge in [-0.1, -0.05) is 13.8 Å². The lowest BCUT2D eigenvalue weighted by Crippen LogP contribution is -2.36. The van der Waals surface area contributed by atoms with Gasteiger partial charge in [-0.15, -0.1) is 0 Å². The van der Waals surface area contributed by atoms with E-state index in [9.17, 15) is 5.26 Å². The average Bonchev–Trinajstić information content (AvgIpc) is 2.98. The predicted molar refractivity (Wildman–Crippen MR) is 71.7 cm³/mol. The Morgan fingerprint density at radius 1 is 1.35 bits per heavy atom. The number of hydrogen-bond acceptors (Lipinski definition) is 8. The summed E-state index contributed by atoms with van der Waals surface area (Å²) in [5.41, 5.74) is 4.93.